The van der Waals surface area contributed by atoms with E-state index < -0.39 is 8.07 Å². The molecule has 3 heteroatoms. The SMILES string of the molecule is COC(=O)CC(c1ccccc1)[Si](c1ccccc1)(c1ccccc1)c1ccccc1. The van der Waals surface area contributed by atoms with Gasteiger partial charge in [0.1, 0.15) is 0 Å². The van der Waals surface area contributed by atoms with E-state index in [2.05, 4.69) is 115 Å². The average molecular weight is 423 g/mol. The van der Waals surface area contributed by atoms with E-state index in [1.165, 1.54) is 22.7 Å². The number of benzene rings is 4. The maximum absolute atomic E-state index is 12.7. The van der Waals surface area contributed by atoms with Crippen molar-refractivity contribution < 1.29 is 9.53 Å². The summed E-state index contributed by atoms with van der Waals surface area (Å²) in [4.78, 5) is 12.7. The molecule has 0 aliphatic heterocycles. The summed E-state index contributed by atoms with van der Waals surface area (Å²) in [6.45, 7) is 0. The lowest BCUT2D eigenvalue weighted by atomic mass is 10.1. The van der Waals surface area contributed by atoms with Gasteiger partial charge in [-0.1, -0.05) is 121 Å². The van der Waals surface area contributed by atoms with Crippen LogP contribution >= 0.6 is 0 Å². The minimum atomic E-state index is -2.67. The quantitative estimate of drug-likeness (QED) is 0.255. The van der Waals surface area contributed by atoms with Crippen LogP contribution in [0.15, 0.2) is 121 Å². The molecule has 1 atom stereocenters. The second-order valence-electron chi connectivity index (χ2n) is 7.65. The number of methoxy groups -OCH3 is 1. The van der Waals surface area contributed by atoms with Crippen molar-refractivity contribution in [2.75, 3.05) is 7.11 Å². The van der Waals surface area contributed by atoms with Crippen LogP contribution in [0, 0.1) is 0 Å². The van der Waals surface area contributed by atoms with Gasteiger partial charge in [0, 0.05) is 5.54 Å². The van der Waals surface area contributed by atoms with E-state index in [1.54, 1.807) is 0 Å². The van der Waals surface area contributed by atoms with Gasteiger partial charge in [0.2, 0.25) is 0 Å². The Morgan fingerprint density at radius 2 is 1.00 bits per heavy atom. The first-order chi connectivity index (χ1) is 15.3. The van der Waals surface area contributed by atoms with Gasteiger partial charge in [-0.2, -0.15) is 0 Å². The topological polar surface area (TPSA) is 26.3 Å². The van der Waals surface area contributed by atoms with Crippen LogP contribution < -0.4 is 15.6 Å². The van der Waals surface area contributed by atoms with Gasteiger partial charge in [0.15, 0.2) is 8.07 Å². The van der Waals surface area contributed by atoms with Crippen molar-refractivity contribution in [3.05, 3.63) is 127 Å². The molecule has 1 unspecified atom stereocenters. The summed E-state index contributed by atoms with van der Waals surface area (Å²) in [7, 11) is -1.20. The van der Waals surface area contributed by atoms with Crippen LogP contribution in [0.2, 0.25) is 0 Å². The Labute approximate surface area is 185 Å². The highest BCUT2D eigenvalue weighted by atomic mass is 28.3. The molecule has 31 heavy (non-hydrogen) atoms. The number of rotatable bonds is 7. The van der Waals surface area contributed by atoms with Crippen molar-refractivity contribution in [3.8, 4) is 0 Å². The molecule has 0 heterocycles. The Hall–Kier alpha value is -3.43. The molecule has 4 rings (SSSR count). The first kappa shape index (κ1) is 20.8. The van der Waals surface area contributed by atoms with Gasteiger partial charge < -0.3 is 4.74 Å². The molecule has 4 aromatic carbocycles. The van der Waals surface area contributed by atoms with E-state index in [9.17, 15) is 4.79 Å². The number of carbonyl (C=O) groups excluding carboxylic acids is 1. The molecule has 0 fully saturated rings. The van der Waals surface area contributed by atoms with Crippen molar-refractivity contribution in [2.45, 2.75) is 12.0 Å². The Kier molecular flexibility index (Phi) is 6.44. The number of hydrogen-bond acceptors (Lipinski definition) is 2. The van der Waals surface area contributed by atoms with Crippen LogP contribution in [0.1, 0.15) is 17.5 Å². The van der Waals surface area contributed by atoms with Gasteiger partial charge in [-0.3, -0.25) is 4.79 Å². The zero-order valence-corrected chi connectivity index (χ0v) is 18.6. The van der Waals surface area contributed by atoms with Crippen molar-refractivity contribution in [2.24, 2.45) is 0 Å². The van der Waals surface area contributed by atoms with Crippen molar-refractivity contribution in [3.63, 3.8) is 0 Å². The van der Waals surface area contributed by atoms with Crippen molar-refractivity contribution >= 4 is 29.6 Å². The summed E-state index contributed by atoms with van der Waals surface area (Å²) in [6.07, 6.45) is 0.325. The van der Waals surface area contributed by atoms with E-state index >= 15 is 0 Å². The molecule has 0 saturated heterocycles. The van der Waals surface area contributed by atoms with Crippen molar-refractivity contribution in [1.82, 2.24) is 0 Å². The van der Waals surface area contributed by atoms with E-state index in [-0.39, 0.29) is 11.5 Å². The van der Waals surface area contributed by atoms with E-state index in [0.717, 1.165) is 5.56 Å². The lowest BCUT2D eigenvalue weighted by molar-refractivity contribution is -0.140. The Morgan fingerprint density at radius 1 is 0.645 bits per heavy atom. The molecule has 0 aliphatic carbocycles. The average Bonchev–Trinajstić information content (AvgIpc) is 2.86. The van der Waals surface area contributed by atoms with Crippen LogP contribution in [-0.2, 0) is 9.53 Å². The summed E-state index contributed by atoms with van der Waals surface area (Å²) in [5.41, 5.74) is 1.14. The largest absolute Gasteiger partial charge is 0.469 e. The summed E-state index contributed by atoms with van der Waals surface area (Å²) >= 11 is 0. The fourth-order valence-electron chi connectivity index (χ4n) is 4.66. The fraction of sp³-hybridized carbons (Fsp3) is 0.107. The molecule has 0 radical (unpaired) electrons. The lowest BCUT2D eigenvalue weighted by Crippen LogP contribution is -2.71. The van der Waals surface area contributed by atoms with Crippen LogP contribution in [0.25, 0.3) is 0 Å². The van der Waals surface area contributed by atoms with Gasteiger partial charge in [-0.25, -0.2) is 0 Å². The maximum Gasteiger partial charge on any atom is 0.305 e. The predicted molar refractivity (Wildman–Crippen MR) is 130 cm³/mol. The number of carbonyl (C=O) groups is 1. The second kappa shape index (κ2) is 9.58. The monoisotopic (exact) mass is 422 g/mol. The van der Waals surface area contributed by atoms with E-state index in [0.29, 0.717) is 6.42 Å². The summed E-state index contributed by atoms with van der Waals surface area (Å²) in [5, 5.41) is 3.85. The van der Waals surface area contributed by atoms with Crippen LogP contribution in [0.4, 0.5) is 0 Å². The Bertz CT molecular complexity index is 1000. The molecule has 0 amide bonds. The third kappa shape index (κ3) is 4.10. The molecular weight excluding hydrogens is 396 g/mol. The van der Waals surface area contributed by atoms with Crippen molar-refractivity contribution in [1.29, 1.82) is 0 Å². The smallest absolute Gasteiger partial charge is 0.305 e. The molecule has 0 bridgehead atoms. The highest BCUT2D eigenvalue weighted by Crippen LogP contribution is 2.31. The van der Waals surface area contributed by atoms with E-state index in [1.807, 2.05) is 6.07 Å². The van der Waals surface area contributed by atoms with Crippen LogP contribution in [-0.4, -0.2) is 21.2 Å². The summed E-state index contributed by atoms with van der Waals surface area (Å²) in [5.74, 6) is -0.187. The first-order valence-corrected chi connectivity index (χ1v) is 12.6. The standard InChI is InChI=1S/C28H26O2Si/c1-30-28(29)22-27(23-14-6-2-7-15-23)31(24-16-8-3-9-17-24,25-18-10-4-11-19-25)26-20-12-5-13-21-26/h2-21,27H,22H2,1H3. The minimum Gasteiger partial charge on any atom is -0.469 e. The maximum atomic E-state index is 12.7. The summed E-state index contributed by atoms with van der Waals surface area (Å²) in [6, 6.07) is 42.5. The van der Waals surface area contributed by atoms with Gasteiger partial charge in [-0.15, -0.1) is 0 Å². The Balaban J connectivity index is 2.10. The molecule has 0 N–H and O–H groups in total. The summed E-state index contributed by atoms with van der Waals surface area (Å²) < 4.78 is 5.19. The molecule has 0 saturated carbocycles. The van der Waals surface area contributed by atoms with Crippen LogP contribution in [0.3, 0.4) is 0 Å². The molecule has 154 valence electrons. The first-order valence-electron chi connectivity index (χ1n) is 10.5. The Morgan fingerprint density at radius 3 is 1.35 bits per heavy atom. The number of esters is 1. The van der Waals surface area contributed by atoms with E-state index in [4.69, 9.17) is 4.74 Å². The second-order valence-corrected chi connectivity index (χ2v) is 11.7. The lowest BCUT2D eigenvalue weighted by Gasteiger charge is -2.40. The molecule has 0 spiro atoms. The predicted octanol–water partition coefficient (Wildman–Crippen LogP) is 4.04. The highest BCUT2D eigenvalue weighted by Gasteiger charge is 2.47. The molecule has 4 aromatic rings. The highest BCUT2D eigenvalue weighted by molar-refractivity contribution is 7.12. The number of hydrogen-bond donors (Lipinski definition) is 0. The third-order valence-corrected chi connectivity index (χ3v) is 11.3. The van der Waals surface area contributed by atoms with Crippen LogP contribution in [0.5, 0.6) is 0 Å². The van der Waals surface area contributed by atoms with Gasteiger partial charge in [0.05, 0.1) is 13.5 Å². The fourth-order valence-corrected chi connectivity index (χ4v) is 10.2. The molecular formula is C28H26O2Si. The zero-order valence-electron chi connectivity index (χ0n) is 17.6. The molecule has 2 nitrogen and oxygen atoms in total. The van der Waals surface area contributed by atoms with Gasteiger partial charge in [0.25, 0.3) is 0 Å². The molecule has 0 aromatic heterocycles. The third-order valence-electron chi connectivity index (χ3n) is 6.01. The molecule has 0 aliphatic rings. The number of ether oxygens (including phenoxy) is 1. The normalized spacial score (nSPS) is 12.2. The van der Waals surface area contributed by atoms with Gasteiger partial charge >= 0.3 is 5.97 Å². The minimum absolute atomic E-state index is 0.0200. The van der Waals surface area contributed by atoms with Gasteiger partial charge in [-0.05, 0) is 21.1 Å². The zero-order chi connectivity index (χ0) is 21.5.